The molecular formula is C25H34FN3O5. The molecule has 0 aromatic heterocycles. The summed E-state index contributed by atoms with van der Waals surface area (Å²) in [6.45, 7) is 2.00. The number of hydrogen-bond donors (Lipinski definition) is 2. The number of nitrogens with two attached hydrogens (primary N) is 1. The molecule has 0 heterocycles. The summed E-state index contributed by atoms with van der Waals surface area (Å²) in [6, 6.07) is 14.2. The van der Waals surface area contributed by atoms with E-state index in [0.717, 1.165) is 11.1 Å². The first-order valence-electron chi connectivity index (χ1n) is 11.1. The Morgan fingerprint density at radius 3 is 2.35 bits per heavy atom. The minimum Gasteiger partial charge on any atom is -0.374 e. The van der Waals surface area contributed by atoms with Crippen molar-refractivity contribution in [2.45, 2.75) is 38.3 Å². The van der Waals surface area contributed by atoms with Crippen LogP contribution in [0.15, 0.2) is 54.6 Å². The molecule has 8 nitrogen and oxygen atoms in total. The van der Waals surface area contributed by atoms with Gasteiger partial charge in [-0.05, 0) is 36.6 Å². The topological polar surface area (TPSA) is 103 Å². The van der Waals surface area contributed by atoms with Gasteiger partial charge in [-0.25, -0.2) is 4.39 Å². The number of carbonyl (C=O) groups is 2. The van der Waals surface area contributed by atoms with Crippen LogP contribution in [0.2, 0.25) is 0 Å². The lowest BCUT2D eigenvalue weighted by Crippen LogP contribution is -2.57. The Morgan fingerprint density at radius 1 is 1.06 bits per heavy atom. The molecule has 0 saturated heterocycles. The van der Waals surface area contributed by atoms with E-state index in [0.29, 0.717) is 6.42 Å². The Balaban J connectivity index is 2.20. The molecule has 0 aliphatic carbocycles. The molecule has 0 radical (unpaired) electrons. The number of ether oxygens (including phenoxy) is 3. The first kappa shape index (κ1) is 27.4. The third kappa shape index (κ3) is 8.49. The normalized spacial score (nSPS) is 12.9. The predicted octanol–water partition coefficient (Wildman–Crippen LogP) is 1.86. The Morgan fingerprint density at radius 2 is 1.74 bits per heavy atom. The first-order valence-corrected chi connectivity index (χ1v) is 11.1. The Kier molecular flexibility index (Phi) is 11.6. The van der Waals surface area contributed by atoms with Crippen molar-refractivity contribution in [2.24, 2.45) is 5.73 Å². The van der Waals surface area contributed by atoms with Gasteiger partial charge in [-0.1, -0.05) is 42.5 Å². The van der Waals surface area contributed by atoms with E-state index in [1.165, 1.54) is 26.4 Å². The largest absolute Gasteiger partial charge is 0.374 e. The molecule has 2 aromatic rings. The maximum absolute atomic E-state index is 13.6. The van der Waals surface area contributed by atoms with Crippen molar-refractivity contribution < 1.29 is 28.2 Å². The Hall–Kier alpha value is -2.85. The van der Waals surface area contributed by atoms with Crippen molar-refractivity contribution >= 4 is 11.8 Å². The van der Waals surface area contributed by atoms with Gasteiger partial charge in [-0.3, -0.25) is 9.59 Å². The maximum atomic E-state index is 13.6. The van der Waals surface area contributed by atoms with Gasteiger partial charge in [0.05, 0.1) is 25.8 Å². The summed E-state index contributed by atoms with van der Waals surface area (Å²) in [5.74, 6) is -1.20. The number of halogens is 1. The molecule has 2 aromatic carbocycles. The summed E-state index contributed by atoms with van der Waals surface area (Å²) >= 11 is 0. The summed E-state index contributed by atoms with van der Waals surface area (Å²) in [4.78, 5) is 27.2. The Labute approximate surface area is 200 Å². The van der Waals surface area contributed by atoms with Gasteiger partial charge in [-0.15, -0.1) is 0 Å². The SMILES string of the molecule is COC(OC)[C@H](C)N(CCc1cccc(F)c1)C(=O)[C@H](COCc1ccccc1)NC(=O)CN. The van der Waals surface area contributed by atoms with Crippen LogP contribution >= 0.6 is 0 Å². The number of carbonyl (C=O) groups excluding carboxylic acids is 2. The number of amides is 2. The molecule has 3 N–H and O–H groups in total. The lowest BCUT2D eigenvalue weighted by Gasteiger charge is -2.35. The fraction of sp³-hybridized carbons (Fsp3) is 0.440. The summed E-state index contributed by atoms with van der Waals surface area (Å²) in [5, 5.41) is 2.65. The molecule has 0 saturated carbocycles. The molecule has 9 heteroatoms. The fourth-order valence-electron chi connectivity index (χ4n) is 3.59. The summed E-state index contributed by atoms with van der Waals surface area (Å²) in [5.41, 5.74) is 7.14. The summed E-state index contributed by atoms with van der Waals surface area (Å²) < 4.78 is 30.1. The number of methoxy groups -OCH3 is 2. The molecule has 2 rings (SSSR count). The lowest BCUT2D eigenvalue weighted by atomic mass is 10.1. The second-order valence-corrected chi connectivity index (χ2v) is 7.82. The smallest absolute Gasteiger partial charge is 0.247 e. The molecule has 2 amide bonds. The molecular weight excluding hydrogens is 441 g/mol. The fourth-order valence-corrected chi connectivity index (χ4v) is 3.59. The monoisotopic (exact) mass is 475 g/mol. The number of nitrogens with zero attached hydrogens (tertiary/aromatic N) is 1. The molecule has 0 fully saturated rings. The van der Waals surface area contributed by atoms with Gasteiger partial charge < -0.3 is 30.2 Å². The second-order valence-electron chi connectivity index (χ2n) is 7.82. The highest BCUT2D eigenvalue weighted by Gasteiger charge is 2.32. The van der Waals surface area contributed by atoms with Crippen LogP contribution in [-0.2, 0) is 36.8 Å². The first-order chi connectivity index (χ1) is 16.4. The van der Waals surface area contributed by atoms with E-state index in [-0.39, 0.29) is 38.0 Å². The molecule has 0 bridgehead atoms. The molecule has 0 aliphatic rings. The zero-order chi connectivity index (χ0) is 24.9. The number of nitrogens with one attached hydrogen (secondary N) is 1. The van der Waals surface area contributed by atoms with Crippen molar-refractivity contribution in [1.29, 1.82) is 0 Å². The van der Waals surface area contributed by atoms with E-state index in [4.69, 9.17) is 19.9 Å². The molecule has 0 unspecified atom stereocenters. The number of benzene rings is 2. The molecule has 0 aliphatic heterocycles. The van der Waals surface area contributed by atoms with Gasteiger partial charge in [0.25, 0.3) is 0 Å². The maximum Gasteiger partial charge on any atom is 0.247 e. The molecule has 34 heavy (non-hydrogen) atoms. The lowest BCUT2D eigenvalue weighted by molar-refractivity contribution is -0.163. The Bertz CT molecular complexity index is 895. The molecule has 0 spiro atoms. The van der Waals surface area contributed by atoms with E-state index in [1.54, 1.807) is 24.0 Å². The second kappa shape index (κ2) is 14.4. The van der Waals surface area contributed by atoms with Crippen LogP contribution in [0, 0.1) is 5.82 Å². The van der Waals surface area contributed by atoms with Crippen molar-refractivity contribution in [2.75, 3.05) is 33.9 Å². The highest BCUT2D eigenvalue weighted by Crippen LogP contribution is 2.14. The van der Waals surface area contributed by atoms with E-state index in [2.05, 4.69) is 5.32 Å². The van der Waals surface area contributed by atoms with Crippen LogP contribution < -0.4 is 11.1 Å². The van der Waals surface area contributed by atoms with Gasteiger partial charge >= 0.3 is 0 Å². The standard InChI is InChI=1S/C25H34FN3O5/c1-18(25(32-2)33-3)29(13-12-19-10-7-11-21(26)14-19)24(31)22(28-23(30)15-27)17-34-16-20-8-5-4-6-9-20/h4-11,14,18,22,25H,12-13,15-17,27H2,1-3H3,(H,28,30)/t18-,22-/m0/s1. The van der Waals surface area contributed by atoms with Gasteiger partial charge in [0.2, 0.25) is 11.8 Å². The minimum absolute atomic E-state index is 0.0483. The van der Waals surface area contributed by atoms with Crippen LogP contribution in [0.3, 0.4) is 0 Å². The van der Waals surface area contributed by atoms with Gasteiger partial charge in [0, 0.05) is 20.8 Å². The van der Waals surface area contributed by atoms with Crippen molar-refractivity contribution in [3.8, 4) is 0 Å². The average Bonchev–Trinajstić information content (AvgIpc) is 2.84. The predicted molar refractivity (Wildman–Crippen MR) is 126 cm³/mol. The minimum atomic E-state index is -0.968. The summed E-state index contributed by atoms with van der Waals surface area (Å²) in [7, 11) is 2.97. The third-order valence-electron chi connectivity index (χ3n) is 5.38. The van der Waals surface area contributed by atoms with Crippen molar-refractivity contribution in [1.82, 2.24) is 10.2 Å². The number of rotatable bonds is 14. The quantitative estimate of drug-likeness (QED) is 0.405. The van der Waals surface area contributed by atoms with Crippen molar-refractivity contribution in [3.05, 3.63) is 71.5 Å². The highest BCUT2D eigenvalue weighted by atomic mass is 19.1. The third-order valence-corrected chi connectivity index (χ3v) is 5.38. The van der Waals surface area contributed by atoms with Crippen LogP contribution in [0.4, 0.5) is 4.39 Å². The van der Waals surface area contributed by atoms with Crippen LogP contribution in [0.5, 0.6) is 0 Å². The van der Waals surface area contributed by atoms with E-state index in [9.17, 15) is 14.0 Å². The van der Waals surface area contributed by atoms with E-state index >= 15 is 0 Å². The molecule has 2 atom stereocenters. The van der Waals surface area contributed by atoms with Crippen LogP contribution in [0.25, 0.3) is 0 Å². The highest BCUT2D eigenvalue weighted by molar-refractivity contribution is 5.88. The average molecular weight is 476 g/mol. The van der Waals surface area contributed by atoms with E-state index < -0.39 is 24.3 Å². The van der Waals surface area contributed by atoms with Gasteiger partial charge in [0.15, 0.2) is 6.29 Å². The van der Waals surface area contributed by atoms with Gasteiger partial charge in [0.1, 0.15) is 11.9 Å². The van der Waals surface area contributed by atoms with Crippen LogP contribution in [-0.4, -0.2) is 69.0 Å². The zero-order valence-corrected chi connectivity index (χ0v) is 19.9. The number of hydrogen-bond acceptors (Lipinski definition) is 6. The molecule has 186 valence electrons. The van der Waals surface area contributed by atoms with Crippen LogP contribution in [0.1, 0.15) is 18.1 Å². The summed E-state index contributed by atoms with van der Waals surface area (Å²) in [6.07, 6.45) is -0.302. The van der Waals surface area contributed by atoms with Gasteiger partial charge in [-0.2, -0.15) is 0 Å². The van der Waals surface area contributed by atoms with E-state index in [1.807, 2.05) is 30.3 Å². The zero-order valence-electron chi connectivity index (χ0n) is 19.9. The van der Waals surface area contributed by atoms with Crippen molar-refractivity contribution in [3.63, 3.8) is 0 Å².